The van der Waals surface area contributed by atoms with Gasteiger partial charge >= 0.3 is 0 Å². The molecular formula is C15H29N3O. The van der Waals surface area contributed by atoms with Gasteiger partial charge in [-0.3, -0.25) is 4.79 Å². The maximum atomic E-state index is 12.0. The third kappa shape index (κ3) is 4.46. The summed E-state index contributed by atoms with van der Waals surface area (Å²) in [5, 5.41) is 3.22. The van der Waals surface area contributed by atoms with Crippen molar-refractivity contribution in [2.24, 2.45) is 0 Å². The molecule has 0 saturated carbocycles. The fourth-order valence-corrected chi connectivity index (χ4v) is 3.29. The summed E-state index contributed by atoms with van der Waals surface area (Å²) >= 11 is 0. The molecule has 1 amide bonds. The van der Waals surface area contributed by atoms with Crippen LogP contribution in [0.25, 0.3) is 0 Å². The molecule has 4 heteroatoms. The molecule has 2 aliphatic heterocycles. The van der Waals surface area contributed by atoms with E-state index in [-0.39, 0.29) is 0 Å². The second-order valence-electron chi connectivity index (χ2n) is 5.81. The van der Waals surface area contributed by atoms with E-state index in [2.05, 4.69) is 22.0 Å². The van der Waals surface area contributed by atoms with Crippen molar-refractivity contribution in [1.82, 2.24) is 15.1 Å². The van der Waals surface area contributed by atoms with Gasteiger partial charge in [0.15, 0.2) is 0 Å². The van der Waals surface area contributed by atoms with E-state index >= 15 is 0 Å². The van der Waals surface area contributed by atoms with Gasteiger partial charge < -0.3 is 15.1 Å². The SMILES string of the molecule is CCNCCC(=O)N1CCC(N2CCCCC2)CC1. The number of likely N-dealkylation sites (tertiary alicyclic amines) is 2. The quantitative estimate of drug-likeness (QED) is 0.766. The Labute approximate surface area is 117 Å². The molecule has 0 aromatic heterocycles. The monoisotopic (exact) mass is 267 g/mol. The second-order valence-corrected chi connectivity index (χ2v) is 5.81. The van der Waals surface area contributed by atoms with E-state index in [1.165, 1.54) is 45.2 Å². The summed E-state index contributed by atoms with van der Waals surface area (Å²) in [6.45, 7) is 8.33. The van der Waals surface area contributed by atoms with E-state index in [9.17, 15) is 4.79 Å². The maximum absolute atomic E-state index is 12.0. The summed E-state index contributed by atoms with van der Waals surface area (Å²) in [7, 11) is 0. The number of nitrogens with one attached hydrogen (secondary N) is 1. The van der Waals surface area contributed by atoms with Gasteiger partial charge in [0, 0.05) is 32.1 Å². The zero-order chi connectivity index (χ0) is 13.5. The highest BCUT2D eigenvalue weighted by Gasteiger charge is 2.27. The van der Waals surface area contributed by atoms with Gasteiger partial charge in [-0.05, 0) is 45.3 Å². The number of carbonyl (C=O) groups excluding carboxylic acids is 1. The van der Waals surface area contributed by atoms with E-state index in [1.54, 1.807) is 0 Å². The Morgan fingerprint density at radius 1 is 1.11 bits per heavy atom. The van der Waals surface area contributed by atoms with Crippen LogP contribution >= 0.6 is 0 Å². The highest BCUT2D eigenvalue weighted by atomic mass is 16.2. The van der Waals surface area contributed by atoms with Gasteiger partial charge in [-0.1, -0.05) is 13.3 Å². The molecule has 0 unspecified atom stereocenters. The molecule has 0 bridgehead atoms. The van der Waals surface area contributed by atoms with E-state index in [0.29, 0.717) is 12.3 Å². The number of amides is 1. The Morgan fingerprint density at radius 2 is 1.79 bits per heavy atom. The average Bonchev–Trinajstić information content (AvgIpc) is 2.48. The Bertz CT molecular complexity index is 269. The van der Waals surface area contributed by atoms with Gasteiger partial charge in [0.2, 0.25) is 5.91 Å². The van der Waals surface area contributed by atoms with Crippen molar-refractivity contribution in [3.05, 3.63) is 0 Å². The van der Waals surface area contributed by atoms with Crippen LogP contribution in [0.1, 0.15) is 45.4 Å². The lowest BCUT2D eigenvalue weighted by Crippen LogP contribution is -2.48. The first kappa shape index (κ1) is 14.8. The fraction of sp³-hybridized carbons (Fsp3) is 0.933. The molecule has 4 nitrogen and oxygen atoms in total. The lowest BCUT2D eigenvalue weighted by Gasteiger charge is -2.40. The van der Waals surface area contributed by atoms with Gasteiger partial charge in [0.25, 0.3) is 0 Å². The molecule has 19 heavy (non-hydrogen) atoms. The first-order valence-corrected chi connectivity index (χ1v) is 8.04. The Morgan fingerprint density at radius 3 is 2.42 bits per heavy atom. The summed E-state index contributed by atoms with van der Waals surface area (Å²) in [6.07, 6.45) is 7.13. The Hall–Kier alpha value is -0.610. The molecule has 2 aliphatic rings. The summed E-state index contributed by atoms with van der Waals surface area (Å²) in [6, 6.07) is 0.734. The number of rotatable bonds is 5. The number of hydrogen-bond donors (Lipinski definition) is 1. The minimum atomic E-state index is 0.332. The van der Waals surface area contributed by atoms with Crippen molar-refractivity contribution in [3.8, 4) is 0 Å². The van der Waals surface area contributed by atoms with E-state index in [1.807, 2.05) is 0 Å². The predicted molar refractivity (Wildman–Crippen MR) is 78.2 cm³/mol. The molecule has 0 spiro atoms. The van der Waals surface area contributed by atoms with Crippen LogP contribution in [0.3, 0.4) is 0 Å². The van der Waals surface area contributed by atoms with Gasteiger partial charge in [0.1, 0.15) is 0 Å². The van der Waals surface area contributed by atoms with E-state index < -0.39 is 0 Å². The number of carbonyl (C=O) groups is 1. The van der Waals surface area contributed by atoms with Crippen LogP contribution in [0.5, 0.6) is 0 Å². The number of hydrogen-bond acceptors (Lipinski definition) is 3. The molecule has 1 N–H and O–H groups in total. The Kier molecular flexibility index (Phi) is 6.11. The predicted octanol–water partition coefficient (Wildman–Crippen LogP) is 1.46. The molecular weight excluding hydrogens is 238 g/mol. The smallest absolute Gasteiger partial charge is 0.223 e. The standard InChI is InChI=1S/C15H29N3O/c1-2-16-9-6-15(19)18-12-7-14(8-13-18)17-10-4-3-5-11-17/h14,16H,2-13H2,1H3. The molecule has 2 fully saturated rings. The zero-order valence-electron chi connectivity index (χ0n) is 12.4. The van der Waals surface area contributed by atoms with Crippen molar-refractivity contribution in [3.63, 3.8) is 0 Å². The van der Waals surface area contributed by atoms with Crippen LogP contribution in [0.15, 0.2) is 0 Å². The highest BCUT2D eigenvalue weighted by Crippen LogP contribution is 2.21. The lowest BCUT2D eigenvalue weighted by molar-refractivity contribution is -0.132. The molecule has 0 aromatic carbocycles. The maximum Gasteiger partial charge on any atom is 0.223 e. The van der Waals surface area contributed by atoms with Crippen molar-refractivity contribution >= 4 is 5.91 Å². The highest BCUT2D eigenvalue weighted by molar-refractivity contribution is 5.76. The summed E-state index contributed by atoms with van der Waals surface area (Å²) in [5.41, 5.74) is 0. The van der Waals surface area contributed by atoms with Crippen LogP contribution in [0.4, 0.5) is 0 Å². The summed E-state index contributed by atoms with van der Waals surface area (Å²) in [5.74, 6) is 0.332. The second kappa shape index (κ2) is 7.85. The third-order valence-corrected chi connectivity index (χ3v) is 4.49. The summed E-state index contributed by atoms with van der Waals surface area (Å²) in [4.78, 5) is 16.8. The van der Waals surface area contributed by atoms with Crippen LogP contribution in [0.2, 0.25) is 0 Å². The van der Waals surface area contributed by atoms with Gasteiger partial charge in [-0.2, -0.15) is 0 Å². The zero-order valence-corrected chi connectivity index (χ0v) is 12.4. The molecule has 0 atom stereocenters. The van der Waals surface area contributed by atoms with E-state index in [4.69, 9.17) is 0 Å². The normalized spacial score (nSPS) is 22.7. The Balaban J connectivity index is 1.68. The van der Waals surface area contributed by atoms with Crippen LogP contribution in [0, 0.1) is 0 Å². The molecule has 0 radical (unpaired) electrons. The van der Waals surface area contributed by atoms with Gasteiger partial charge in [0.05, 0.1) is 0 Å². The minimum absolute atomic E-state index is 0.332. The summed E-state index contributed by atoms with van der Waals surface area (Å²) < 4.78 is 0. The molecule has 2 heterocycles. The third-order valence-electron chi connectivity index (χ3n) is 4.49. The van der Waals surface area contributed by atoms with Crippen molar-refractivity contribution in [2.45, 2.75) is 51.5 Å². The largest absolute Gasteiger partial charge is 0.343 e. The molecule has 2 saturated heterocycles. The van der Waals surface area contributed by atoms with E-state index in [0.717, 1.165) is 32.2 Å². The van der Waals surface area contributed by atoms with Crippen molar-refractivity contribution < 1.29 is 4.79 Å². The number of nitrogens with zero attached hydrogens (tertiary/aromatic N) is 2. The van der Waals surface area contributed by atoms with Crippen LogP contribution < -0.4 is 5.32 Å². The average molecular weight is 267 g/mol. The molecule has 0 aliphatic carbocycles. The minimum Gasteiger partial charge on any atom is -0.343 e. The molecule has 2 rings (SSSR count). The van der Waals surface area contributed by atoms with Crippen LogP contribution in [-0.4, -0.2) is 61.0 Å². The number of piperidine rings is 2. The topological polar surface area (TPSA) is 35.6 Å². The van der Waals surface area contributed by atoms with Crippen molar-refractivity contribution in [1.29, 1.82) is 0 Å². The molecule has 110 valence electrons. The van der Waals surface area contributed by atoms with Gasteiger partial charge in [-0.25, -0.2) is 0 Å². The fourth-order valence-electron chi connectivity index (χ4n) is 3.29. The van der Waals surface area contributed by atoms with Gasteiger partial charge in [-0.15, -0.1) is 0 Å². The van der Waals surface area contributed by atoms with Crippen LogP contribution in [-0.2, 0) is 4.79 Å². The molecule has 0 aromatic rings. The first-order chi connectivity index (χ1) is 9.31. The van der Waals surface area contributed by atoms with Crippen molar-refractivity contribution in [2.75, 3.05) is 39.3 Å². The first-order valence-electron chi connectivity index (χ1n) is 8.04. The lowest BCUT2D eigenvalue weighted by atomic mass is 10.00.